The van der Waals surface area contributed by atoms with Gasteiger partial charge in [-0.25, -0.2) is 0 Å². The average Bonchev–Trinajstić information content (AvgIpc) is 2.41. The first-order valence-corrected chi connectivity index (χ1v) is 6.70. The van der Waals surface area contributed by atoms with E-state index in [0.29, 0.717) is 0 Å². The van der Waals surface area contributed by atoms with Gasteiger partial charge in [-0.3, -0.25) is 0 Å². The highest BCUT2D eigenvalue weighted by Crippen LogP contribution is 2.29. The Morgan fingerprint density at radius 1 is 1.05 bits per heavy atom. The van der Waals surface area contributed by atoms with Crippen LogP contribution in [0.5, 0.6) is 0 Å². The minimum atomic E-state index is 0.0949. The predicted octanol–water partition coefficient (Wildman–Crippen LogP) is 3.95. The summed E-state index contributed by atoms with van der Waals surface area (Å²) in [7, 11) is 0. The maximum absolute atomic E-state index is 9.19. The van der Waals surface area contributed by atoms with Crippen molar-refractivity contribution in [3.8, 4) is 0 Å². The third kappa shape index (κ3) is 2.96. The van der Waals surface area contributed by atoms with Crippen LogP contribution in [0, 0.1) is 13.8 Å². The highest BCUT2D eigenvalue weighted by Gasteiger charge is 2.10. The summed E-state index contributed by atoms with van der Waals surface area (Å²) in [6.45, 7) is 7.37. The van der Waals surface area contributed by atoms with Crippen molar-refractivity contribution in [1.29, 1.82) is 0 Å². The molecule has 100 valence electrons. The van der Waals surface area contributed by atoms with Gasteiger partial charge < -0.3 is 10.0 Å². The lowest BCUT2D eigenvalue weighted by atomic mass is 10.1. The fraction of sp³-hybridized carbons (Fsp3) is 0.294. The van der Waals surface area contributed by atoms with Crippen LogP contribution in [0.15, 0.2) is 42.5 Å². The van der Waals surface area contributed by atoms with Gasteiger partial charge in [-0.2, -0.15) is 0 Å². The second kappa shape index (κ2) is 5.89. The molecule has 0 aliphatic heterocycles. The molecule has 0 radical (unpaired) electrons. The number of hydrogen-bond acceptors (Lipinski definition) is 2. The van der Waals surface area contributed by atoms with Gasteiger partial charge in [0.15, 0.2) is 0 Å². The van der Waals surface area contributed by atoms with E-state index in [4.69, 9.17) is 0 Å². The summed E-state index contributed by atoms with van der Waals surface area (Å²) in [6, 6.07) is 14.7. The SMILES string of the molecule is CCN(c1cccc(C)c1)c1ccc(CO)cc1C. The lowest BCUT2D eigenvalue weighted by Crippen LogP contribution is -2.17. The van der Waals surface area contributed by atoms with Gasteiger partial charge in [0, 0.05) is 17.9 Å². The number of hydrogen-bond donors (Lipinski definition) is 1. The van der Waals surface area contributed by atoms with Crippen molar-refractivity contribution < 1.29 is 5.11 Å². The van der Waals surface area contributed by atoms with Crippen LogP contribution in [0.4, 0.5) is 11.4 Å². The van der Waals surface area contributed by atoms with Crippen LogP contribution < -0.4 is 4.90 Å². The summed E-state index contributed by atoms with van der Waals surface area (Å²) in [6.07, 6.45) is 0. The molecule has 0 amide bonds. The summed E-state index contributed by atoms with van der Waals surface area (Å²) in [5.41, 5.74) is 5.82. The Balaban J connectivity index is 2.42. The highest BCUT2D eigenvalue weighted by molar-refractivity contribution is 5.67. The van der Waals surface area contributed by atoms with Crippen molar-refractivity contribution in [3.63, 3.8) is 0 Å². The van der Waals surface area contributed by atoms with Gasteiger partial charge in [-0.1, -0.05) is 24.3 Å². The molecule has 0 bridgehead atoms. The summed E-state index contributed by atoms with van der Waals surface area (Å²) in [5, 5.41) is 9.19. The third-order valence-electron chi connectivity index (χ3n) is 3.36. The van der Waals surface area contributed by atoms with E-state index in [-0.39, 0.29) is 6.61 Å². The number of rotatable bonds is 4. The Hall–Kier alpha value is -1.80. The molecule has 0 saturated heterocycles. The zero-order valence-corrected chi connectivity index (χ0v) is 11.9. The van der Waals surface area contributed by atoms with Crippen molar-refractivity contribution in [2.24, 2.45) is 0 Å². The molecule has 2 rings (SSSR count). The molecule has 0 aromatic heterocycles. The Morgan fingerprint density at radius 3 is 2.42 bits per heavy atom. The summed E-state index contributed by atoms with van der Waals surface area (Å²) in [4.78, 5) is 2.30. The topological polar surface area (TPSA) is 23.5 Å². The Kier molecular flexibility index (Phi) is 4.23. The van der Waals surface area contributed by atoms with E-state index < -0.39 is 0 Å². The zero-order chi connectivity index (χ0) is 13.8. The smallest absolute Gasteiger partial charge is 0.0681 e. The molecule has 0 unspecified atom stereocenters. The molecule has 2 aromatic carbocycles. The molecule has 0 heterocycles. The number of aliphatic hydroxyl groups is 1. The number of aliphatic hydroxyl groups excluding tert-OH is 1. The van der Waals surface area contributed by atoms with Crippen molar-refractivity contribution >= 4 is 11.4 Å². The van der Waals surface area contributed by atoms with Crippen LogP contribution in [0.1, 0.15) is 23.6 Å². The van der Waals surface area contributed by atoms with Gasteiger partial charge in [0.25, 0.3) is 0 Å². The standard InChI is InChI=1S/C17H21NO/c1-4-18(16-7-5-6-13(2)10-16)17-9-8-15(12-19)11-14(17)3/h5-11,19H,4,12H2,1-3H3. The lowest BCUT2D eigenvalue weighted by molar-refractivity contribution is 0.282. The fourth-order valence-electron chi connectivity index (χ4n) is 2.41. The molecule has 2 aromatic rings. The van der Waals surface area contributed by atoms with Crippen molar-refractivity contribution in [2.75, 3.05) is 11.4 Å². The number of aryl methyl sites for hydroxylation is 2. The summed E-state index contributed by atoms with van der Waals surface area (Å²) in [5.74, 6) is 0. The maximum Gasteiger partial charge on any atom is 0.0681 e. The molecule has 0 spiro atoms. The molecule has 0 aliphatic rings. The molecule has 0 atom stereocenters. The predicted molar refractivity (Wildman–Crippen MR) is 81.0 cm³/mol. The quantitative estimate of drug-likeness (QED) is 0.894. The van der Waals surface area contributed by atoms with Crippen LogP contribution in [0.3, 0.4) is 0 Å². The summed E-state index contributed by atoms with van der Waals surface area (Å²) < 4.78 is 0. The largest absolute Gasteiger partial charge is 0.392 e. The summed E-state index contributed by atoms with van der Waals surface area (Å²) >= 11 is 0. The minimum Gasteiger partial charge on any atom is -0.392 e. The van der Waals surface area contributed by atoms with E-state index in [0.717, 1.165) is 12.1 Å². The van der Waals surface area contributed by atoms with Gasteiger partial charge >= 0.3 is 0 Å². The van der Waals surface area contributed by atoms with E-state index in [9.17, 15) is 5.11 Å². The first-order valence-electron chi connectivity index (χ1n) is 6.70. The van der Waals surface area contributed by atoms with Crippen LogP contribution >= 0.6 is 0 Å². The van der Waals surface area contributed by atoms with E-state index in [1.54, 1.807) is 0 Å². The molecule has 0 aliphatic carbocycles. The Labute approximate surface area is 115 Å². The van der Waals surface area contributed by atoms with Gasteiger partial charge in [0.05, 0.1) is 6.61 Å². The van der Waals surface area contributed by atoms with Crippen molar-refractivity contribution in [3.05, 3.63) is 59.2 Å². The molecule has 2 nitrogen and oxygen atoms in total. The second-order valence-electron chi connectivity index (χ2n) is 4.86. The Bertz CT molecular complexity index is 563. The van der Waals surface area contributed by atoms with Gasteiger partial charge in [-0.05, 0) is 55.7 Å². The molecule has 0 saturated carbocycles. The molecular formula is C17H21NO. The van der Waals surface area contributed by atoms with Gasteiger partial charge in [0.1, 0.15) is 0 Å². The van der Waals surface area contributed by atoms with Gasteiger partial charge in [0.2, 0.25) is 0 Å². The first-order chi connectivity index (χ1) is 9.15. The van der Waals surface area contributed by atoms with Crippen LogP contribution in [0.25, 0.3) is 0 Å². The van der Waals surface area contributed by atoms with Crippen LogP contribution in [0.2, 0.25) is 0 Å². The minimum absolute atomic E-state index is 0.0949. The van der Waals surface area contributed by atoms with Gasteiger partial charge in [-0.15, -0.1) is 0 Å². The second-order valence-corrected chi connectivity index (χ2v) is 4.86. The lowest BCUT2D eigenvalue weighted by Gasteiger charge is -2.25. The highest BCUT2D eigenvalue weighted by atomic mass is 16.3. The van der Waals surface area contributed by atoms with Crippen molar-refractivity contribution in [2.45, 2.75) is 27.4 Å². The van der Waals surface area contributed by atoms with Crippen LogP contribution in [-0.4, -0.2) is 11.7 Å². The Morgan fingerprint density at radius 2 is 1.84 bits per heavy atom. The van der Waals surface area contributed by atoms with E-state index >= 15 is 0 Å². The number of benzene rings is 2. The fourth-order valence-corrected chi connectivity index (χ4v) is 2.41. The van der Waals surface area contributed by atoms with E-state index in [1.165, 1.54) is 22.5 Å². The van der Waals surface area contributed by atoms with E-state index in [1.807, 2.05) is 12.1 Å². The van der Waals surface area contributed by atoms with Crippen molar-refractivity contribution in [1.82, 2.24) is 0 Å². The molecule has 0 fully saturated rings. The monoisotopic (exact) mass is 255 g/mol. The van der Waals surface area contributed by atoms with E-state index in [2.05, 4.69) is 56.0 Å². The molecule has 19 heavy (non-hydrogen) atoms. The molecule has 2 heteroatoms. The number of anilines is 2. The first kappa shape index (κ1) is 13.6. The number of nitrogens with zero attached hydrogens (tertiary/aromatic N) is 1. The zero-order valence-electron chi connectivity index (χ0n) is 11.9. The average molecular weight is 255 g/mol. The molecule has 1 N–H and O–H groups in total. The normalized spacial score (nSPS) is 10.5. The van der Waals surface area contributed by atoms with Crippen LogP contribution in [-0.2, 0) is 6.61 Å². The maximum atomic E-state index is 9.19. The molecular weight excluding hydrogens is 234 g/mol. The third-order valence-corrected chi connectivity index (χ3v) is 3.36.